The van der Waals surface area contributed by atoms with Crippen LogP contribution in [0.2, 0.25) is 0 Å². The Morgan fingerprint density at radius 1 is 1.10 bits per heavy atom. The van der Waals surface area contributed by atoms with Crippen LogP contribution in [0.5, 0.6) is 0 Å². The van der Waals surface area contributed by atoms with Crippen LogP contribution in [0, 0.1) is 17.5 Å². The number of para-hydroxylation sites is 1. The largest absolute Gasteiger partial charge is 0.382 e. The van der Waals surface area contributed by atoms with Gasteiger partial charge >= 0.3 is 0 Å². The van der Waals surface area contributed by atoms with E-state index in [1.54, 1.807) is 19.1 Å². The average molecular weight is 414 g/mol. The maximum absolute atomic E-state index is 14.6. The summed E-state index contributed by atoms with van der Waals surface area (Å²) < 4.78 is 44.7. The fraction of sp³-hybridized carbons (Fsp3) is 0.200. The standard InChI is InChI=1S/C20H17F3N6O/c1-13(18-9-29(27-26-18)19-5-3-2-4-16(19)22)20(30,10-28-12-24-11-25-28)15-7-6-14(21)8-17(15)23/h2-9,11-13,30H,10H2,1H3/t13-,20+/m0/s1. The van der Waals surface area contributed by atoms with Gasteiger partial charge in [-0.15, -0.1) is 5.10 Å². The lowest BCUT2D eigenvalue weighted by Crippen LogP contribution is -2.38. The van der Waals surface area contributed by atoms with E-state index in [1.807, 2.05) is 0 Å². The van der Waals surface area contributed by atoms with Crippen molar-refractivity contribution in [3.8, 4) is 5.69 Å². The van der Waals surface area contributed by atoms with Gasteiger partial charge in [-0.3, -0.25) is 0 Å². The first kappa shape index (κ1) is 19.8. The predicted molar refractivity (Wildman–Crippen MR) is 100 cm³/mol. The number of nitrogens with zero attached hydrogens (tertiary/aromatic N) is 6. The molecule has 1 N–H and O–H groups in total. The molecule has 10 heteroatoms. The Balaban J connectivity index is 1.76. The lowest BCUT2D eigenvalue weighted by atomic mass is 9.80. The van der Waals surface area contributed by atoms with Crippen molar-refractivity contribution in [2.45, 2.75) is 25.0 Å². The highest BCUT2D eigenvalue weighted by Crippen LogP contribution is 2.39. The van der Waals surface area contributed by atoms with Crippen molar-refractivity contribution >= 4 is 0 Å². The Kier molecular flexibility index (Phi) is 5.08. The third-order valence-corrected chi connectivity index (χ3v) is 5.04. The molecule has 0 bridgehead atoms. The third-order valence-electron chi connectivity index (χ3n) is 5.04. The van der Waals surface area contributed by atoms with Gasteiger partial charge < -0.3 is 5.11 Å². The second-order valence-electron chi connectivity index (χ2n) is 6.90. The average Bonchev–Trinajstić information content (AvgIpc) is 3.39. The summed E-state index contributed by atoms with van der Waals surface area (Å²) >= 11 is 0. The Labute approximate surface area is 169 Å². The minimum absolute atomic E-state index is 0.132. The van der Waals surface area contributed by atoms with Crippen LogP contribution in [-0.4, -0.2) is 34.9 Å². The molecule has 0 unspecified atom stereocenters. The summed E-state index contributed by atoms with van der Waals surface area (Å²) in [6, 6.07) is 8.96. The number of halogens is 3. The van der Waals surface area contributed by atoms with E-state index in [1.165, 1.54) is 46.4 Å². The van der Waals surface area contributed by atoms with E-state index >= 15 is 0 Å². The topological polar surface area (TPSA) is 81.6 Å². The zero-order chi connectivity index (χ0) is 21.3. The number of aliphatic hydroxyl groups is 1. The van der Waals surface area contributed by atoms with Gasteiger partial charge in [-0.2, -0.15) is 5.10 Å². The van der Waals surface area contributed by atoms with Crippen LogP contribution in [0.3, 0.4) is 0 Å². The molecule has 0 aliphatic rings. The van der Waals surface area contributed by atoms with Crippen molar-refractivity contribution in [3.63, 3.8) is 0 Å². The van der Waals surface area contributed by atoms with Crippen LogP contribution in [0.15, 0.2) is 61.3 Å². The molecule has 0 aliphatic heterocycles. The van der Waals surface area contributed by atoms with Crippen LogP contribution in [0.25, 0.3) is 5.69 Å². The Bertz CT molecular complexity index is 1160. The van der Waals surface area contributed by atoms with Crippen LogP contribution >= 0.6 is 0 Å². The Hall–Kier alpha value is -3.53. The highest BCUT2D eigenvalue weighted by Gasteiger charge is 2.41. The van der Waals surface area contributed by atoms with Gasteiger partial charge in [-0.05, 0) is 18.2 Å². The van der Waals surface area contributed by atoms with E-state index in [-0.39, 0.29) is 23.5 Å². The molecule has 0 fully saturated rings. The van der Waals surface area contributed by atoms with E-state index in [4.69, 9.17) is 0 Å². The zero-order valence-electron chi connectivity index (χ0n) is 15.8. The van der Waals surface area contributed by atoms with Crippen molar-refractivity contribution in [1.29, 1.82) is 0 Å². The SMILES string of the molecule is C[C@@H](c1cn(-c2ccccc2F)nn1)[C@](O)(Cn1cncn1)c1ccc(F)cc1F. The molecule has 7 nitrogen and oxygen atoms in total. The van der Waals surface area contributed by atoms with Crippen molar-refractivity contribution in [1.82, 2.24) is 29.8 Å². The van der Waals surface area contributed by atoms with E-state index in [0.717, 1.165) is 6.07 Å². The summed E-state index contributed by atoms with van der Waals surface area (Å²) in [5.74, 6) is -2.99. The molecule has 154 valence electrons. The van der Waals surface area contributed by atoms with Crippen LogP contribution in [-0.2, 0) is 12.1 Å². The molecule has 2 aromatic heterocycles. The molecule has 2 heterocycles. The normalized spacial score (nSPS) is 14.4. The summed E-state index contributed by atoms with van der Waals surface area (Å²) in [4.78, 5) is 3.84. The number of aromatic nitrogens is 6. The second kappa shape index (κ2) is 7.71. The first-order valence-electron chi connectivity index (χ1n) is 9.06. The predicted octanol–water partition coefficient (Wildman–Crippen LogP) is 2.97. The monoisotopic (exact) mass is 414 g/mol. The van der Waals surface area contributed by atoms with Gasteiger partial charge in [0.05, 0.1) is 18.4 Å². The molecule has 0 radical (unpaired) electrons. The molecule has 30 heavy (non-hydrogen) atoms. The molecule has 4 aromatic rings. The minimum Gasteiger partial charge on any atom is -0.382 e. The summed E-state index contributed by atoms with van der Waals surface area (Å²) in [5, 5.41) is 23.5. The summed E-state index contributed by atoms with van der Waals surface area (Å²) in [6.45, 7) is 1.44. The molecule has 2 atom stereocenters. The first-order chi connectivity index (χ1) is 14.4. The minimum atomic E-state index is -1.87. The number of benzene rings is 2. The van der Waals surface area contributed by atoms with Gasteiger partial charge in [-0.1, -0.05) is 30.3 Å². The number of hydrogen-bond donors (Lipinski definition) is 1. The van der Waals surface area contributed by atoms with Gasteiger partial charge in [0, 0.05) is 17.5 Å². The van der Waals surface area contributed by atoms with E-state index in [9.17, 15) is 18.3 Å². The quantitative estimate of drug-likeness (QED) is 0.525. The van der Waals surface area contributed by atoms with Gasteiger partial charge in [0.15, 0.2) is 0 Å². The van der Waals surface area contributed by atoms with E-state index < -0.39 is 29.0 Å². The summed E-state index contributed by atoms with van der Waals surface area (Å²) in [6.07, 6.45) is 4.10. The molecule has 0 saturated heterocycles. The van der Waals surface area contributed by atoms with E-state index in [0.29, 0.717) is 6.07 Å². The Morgan fingerprint density at radius 3 is 2.60 bits per heavy atom. The molecule has 0 saturated carbocycles. The third kappa shape index (κ3) is 3.57. The highest BCUT2D eigenvalue weighted by molar-refractivity contribution is 5.34. The van der Waals surface area contributed by atoms with Gasteiger partial charge in [0.25, 0.3) is 0 Å². The lowest BCUT2D eigenvalue weighted by molar-refractivity contribution is -0.0123. The van der Waals surface area contributed by atoms with Crippen LogP contribution in [0.4, 0.5) is 13.2 Å². The fourth-order valence-electron chi connectivity index (χ4n) is 3.33. The van der Waals surface area contributed by atoms with Crippen molar-refractivity contribution < 1.29 is 18.3 Å². The maximum Gasteiger partial charge on any atom is 0.148 e. The van der Waals surface area contributed by atoms with Crippen molar-refractivity contribution in [2.24, 2.45) is 0 Å². The molecule has 0 amide bonds. The molecule has 0 spiro atoms. The number of rotatable bonds is 6. The summed E-state index contributed by atoms with van der Waals surface area (Å²) in [5.41, 5.74) is -1.55. The first-order valence-corrected chi connectivity index (χ1v) is 9.06. The molecular formula is C20H17F3N6O. The van der Waals surface area contributed by atoms with Crippen LogP contribution in [0.1, 0.15) is 24.1 Å². The van der Waals surface area contributed by atoms with Gasteiger partial charge in [0.2, 0.25) is 0 Å². The fourth-order valence-corrected chi connectivity index (χ4v) is 3.33. The lowest BCUT2D eigenvalue weighted by Gasteiger charge is -2.33. The molecule has 2 aromatic carbocycles. The van der Waals surface area contributed by atoms with E-state index in [2.05, 4.69) is 20.4 Å². The van der Waals surface area contributed by atoms with Gasteiger partial charge in [0.1, 0.15) is 41.4 Å². The molecule has 4 rings (SSSR count). The highest BCUT2D eigenvalue weighted by atomic mass is 19.1. The summed E-state index contributed by atoms with van der Waals surface area (Å²) in [7, 11) is 0. The van der Waals surface area contributed by atoms with Crippen molar-refractivity contribution in [2.75, 3.05) is 0 Å². The second-order valence-corrected chi connectivity index (χ2v) is 6.90. The van der Waals surface area contributed by atoms with Gasteiger partial charge in [-0.25, -0.2) is 27.5 Å². The Morgan fingerprint density at radius 2 is 1.90 bits per heavy atom. The smallest absolute Gasteiger partial charge is 0.148 e. The number of hydrogen-bond acceptors (Lipinski definition) is 5. The molecular weight excluding hydrogens is 397 g/mol. The maximum atomic E-state index is 14.6. The van der Waals surface area contributed by atoms with Crippen LogP contribution < -0.4 is 0 Å². The van der Waals surface area contributed by atoms with Crippen molar-refractivity contribution in [3.05, 3.63) is 90.0 Å². The zero-order valence-corrected chi connectivity index (χ0v) is 15.8. The molecule has 0 aliphatic carbocycles.